The number of anilines is 1. The molecule has 3 rings (SSSR count). The Balaban J connectivity index is 1.36. The fourth-order valence-electron chi connectivity index (χ4n) is 3.01. The van der Waals surface area contributed by atoms with E-state index in [4.69, 9.17) is 12.2 Å². The molecule has 0 amide bonds. The molecule has 0 bridgehead atoms. The minimum atomic E-state index is 0.636. The van der Waals surface area contributed by atoms with Gasteiger partial charge in [0.1, 0.15) is 5.82 Å². The summed E-state index contributed by atoms with van der Waals surface area (Å²) in [5.74, 6) is 0.792. The van der Waals surface area contributed by atoms with Gasteiger partial charge in [0.15, 0.2) is 5.11 Å². The third-order valence-corrected chi connectivity index (χ3v) is 4.55. The van der Waals surface area contributed by atoms with E-state index in [1.165, 1.54) is 16.7 Å². The first kappa shape index (κ1) is 16.9. The van der Waals surface area contributed by atoms with Crippen LogP contribution in [-0.4, -0.2) is 34.6 Å². The third kappa shape index (κ3) is 4.76. The Hall–Kier alpha value is -1.98. The Labute approximate surface area is 149 Å². The second kappa shape index (κ2) is 8.22. The van der Waals surface area contributed by atoms with Crippen LogP contribution in [0.3, 0.4) is 0 Å². The number of nitrogens with one attached hydrogen (secondary N) is 2. The van der Waals surface area contributed by atoms with Crippen LogP contribution in [0.25, 0.3) is 0 Å². The van der Waals surface area contributed by atoms with E-state index in [0.717, 1.165) is 44.8 Å². The highest BCUT2D eigenvalue weighted by Gasteiger charge is 2.14. The molecule has 1 aromatic carbocycles. The predicted octanol–water partition coefficient (Wildman–Crippen LogP) is 3.12. The van der Waals surface area contributed by atoms with Crippen LogP contribution in [0.2, 0.25) is 0 Å². The van der Waals surface area contributed by atoms with Gasteiger partial charge in [-0.3, -0.25) is 4.90 Å². The lowest BCUT2D eigenvalue weighted by Gasteiger charge is -2.28. The largest absolute Gasteiger partial charge is 0.362 e. The monoisotopic (exact) mass is 340 g/mol. The van der Waals surface area contributed by atoms with Gasteiger partial charge in [-0.15, -0.1) is 0 Å². The third-order valence-electron chi connectivity index (χ3n) is 4.30. The van der Waals surface area contributed by atoms with Crippen LogP contribution in [-0.2, 0) is 13.0 Å². The molecule has 0 spiro atoms. The molecular weight excluding hydrogens is 316 g/mol. The lowest BCUT2D eigenvalue weighted by molar-refractivity contribution is 0.251. The second-order valence-electron chi connectivity index (χ2n) is 6.25. The highest BCUT2D eigenvalue weighted by atomic mass is 32.1. The molecule has 1 aromatic heterocycles. The maximum Gasteiger partial charge on any atom is 0.171 e. The van der Waals surface area contributed by atoms with Crippen molar-refractivity contribution in [1.29, 1.82) is 0 Å². The molecule has 126 valence electrons. The zero-order chi connectivity index (χ0) is 16.8. The molecule has 2 N–H and O–H groups in total. The number of fused-ring (bicyclic) bond motifs is 1. The molecule has 0 aliphatic carbocycles. The summed E-state index contributed by atoms with van der Waals surface area (Å²) in [6, 6.07) is 12.7. The van der Waals surface area contributed by atoms with Crippen molar-refractivity contribution >= 4 is 23.1 Å². The van der Waals surface area contributed by atoms with Crippen molar-refractivity contribution in [2.24, 2.45) is 0 Å². The number of nitrogens with zero attached hydrogens (tertiary/aromatic N) is 2. The summed E-state index contributed by atoms with van der Waals surface area (Å²) in [6.45, 7) is 6.21. The van der Waals surface area contributed by atoms with E-state index in [1.807, 2.05) is 19.1 Å². The zero-order valence-corrected chi connectivity index (χ0v) is 14.9. The zero-order valence-electron chi connectivity index (χ0n) is 14.1. The molecule has 2 heterocycles. The molecule has 0 fully saturated rings. The van der Waals surface area contributed by atoms with Crippen LogP contribution in [0.15, 0.2) is 42.6 Å². The number of hydrogen-bond donors (Lipinski definition) is 2. The van der Waals surface area contributed by atoms with Crippen LogP contribution in [0.4, 0.5) is 5.82 Å². The van der Waals surface area contributed by atoms with Crippen LogP contribution in [0.5, 0.6) is 0 Å². The molecule has 0 saturated heterocycles. The SMILES string of the molecule is Cc1ccnc(NC(=S)NCCCN2CCc3ccccc3C2)c1. The van der Waals surface area contributed by atoms with E-state index in [-0.39, 0.29) is 0 Å². The summed E-state index contributed by atoms with van der Waals surface area (Å²) in [5, 5.41) is 7.03. The van der Waals surface area contributed by atoms with Gasteiger partial charge in [0.05, 0.1) is 0 Å². The van der Waals surface area contributed by atoms with Gasteiger partial charge in [-0.1, -0.05) is 24.3 Å². The smallest absolute Gasteiger partial charge is 0.171 e. The van der Waals surface area contributed by atoms with Crippen molar-refractivity contribution in [2.45, 2.75) is 26.3 Å². The van der Waals surface area contributed by atoms with E-state index in [2.05, 4.69) is 44.8 Å². The maximum absolute atomic E-state index is 5.33. The minimum Gasteiger partial charge on any atom is -0.362 e. The van der Waals surface area contributed by atoms with Crippen molar-refractivity contribution in [1.82, 2.24) is 15.2 Å². The van der Waals surface area contributed by atoms with Gasteiger partial charge in [0.2, 0.25) is 0 Å². The van der Waals surface area contributed by atoms with Gasteiger partial charge in [-0.2, -0.15) is 0 Å². The Morgan fingerprint density at radius 3 is 2.92 bits per heavy atom. The number of benzene rings is 1. The highest BCUT2D eigenvalue weighted by Crippen LogP contribution is 2.18. The number of aryl methyl sites for hydroxylation is 1. The quantitative estimate of drug-likeness (QED) is 0.646. The molecule has 24 heavy (non-hydrogen) atoms. The fourth-order valence-corrected chi connectivity index (χ4v) is 3.22. The van der Waals surface area contributed by atoms with Crippen LogP contribution in [0.1, 0.15) is 23.1 Å². The van der Waals surface area contributed by atoms with E-state index >= 15 is 0 Å². The number of pyridine rings is 1. The number of aromatic nitrogens is 1. The van der Waals surface area contributed by atoms with Gasteiger partial charge in [0, 0.05) is 32.4 Å². The average Bonchev–Trinajstić information content (AvgIpc) is 2.58. The van der Waals surface area contributed by atoms with Gasteiger partial charge >= 0.3 is 0 Å². The van der Waals surface area contributed by atoms with Gasteiger partial charge in [0.25, 0.3) is 0 Å². The van der Waals surface area contributed by atoms with Crippen molar-refractivity contribution in [3.05, 3.63) is 59.3 Å². The summed E-state index contributed by atoms with van der Waals surface area (Å²) in [4.78, 5) is 6.77. The van der Waals surface area contributed by atoms with Gasteiger partial charge in [-0.05, 0) is 60.8 Å². The topological polar surface area (TPSA) is 40.2 Å². The van der Waals surface area contributed by atoms with Crippen LogP contribution >= 0.6 is 12.2 Å². The van der Waals surface area contributed by atoms with Gasteiger partial charge < -0.3 is 10.6 Å². The Morgan fingerprint density at radius 1 is 1.25 bits per heavy atom. The normalized spacial score (nSPS) is 14.0. The lowest BCUT2D eigenvalue weighted by atomic mass is 10.00. The second-order valence-corrected chi connectivity index (χ2v) is 6.66. The van der Waals surface area contributed by atoms with Crippen molar-refractivity contribution in [3.63, 3.8) is 0 Å². The molecule has 0 unspecified atom stereocenters. The summed E-state index contributed by atoms with van der Waals surface area (Å²) < 4.78 is 0. The number of hydrogen-bond acceptors (Lipinski definition) is 3. The van der Waals surface area contributed by atoms with E-state index in [1.54, 1.807) is 6.20 Å². The summed E-state index contributed by atoms with van der Waals surface area (Å²) in [7, 11) is 0. The maximum atomic E-state index is 5.33. The summed E-state index contributed by atoms with van der Waals surface area (Å²) >= 11 is 5.33. The van der Waals surface area contributed by atoms with Crippen molar-refractivity contribution in [2.75, 3.05) is 25.0 Å². The number of rotatable bonds is 5. The molecule has 0 saturated carbocycles. The van der Waals surface area contributed by atoms with E-state index in [9.17, 15) is 0 Å². The fraction of sp³-hybridized carbons (Fsp3) is 0.368. The molecular formula is C19H24N4S. The Morgan fingerprint density at radius 2 is 2.08 bits per heavy atom. The molecule has 4 nitrogen and oxygen atoms in total. The molecule has 1 aliphatic rings. The minimum absolute atomic E-state index is 0.636. The highest BCUT2D eigenvalue weighted by molar-refractivity contribution is 7.80. The standard InChI is InChI=1S/C19H24N4S/c1-15-7-10-20-18(13-15)22-19(24)21-9-4-11-23-12-8-16-5-2-3-6-17(16)14-23/h2-3,5-7,10,13H,4,8-9,11-12,14H2,1H3,(H2,20,21,22,24). The Kier molecular flexibility index (Phi) is 5.77. The summed E-state index contributed by atoms with van der Waals surface area (Å²) in [5.41, 5.74) is 4.14. The molecule has 0 atom stereocenters. The van der Waals surface area contributed by atoms with Crippen molar-refractivity contribution < 1.29 is 0 Å². The average molecular weight is 340 g/mol. The molecule has 2 aromatic rings. The Bertz CT molecular complexity index is 701. The van der Waals surface area contributed by atoms with E-state index < -0.39 is 0 Å². The molecule has 0 radical (unpaired) electrons. The number of thiocarbonyl (C=S) groups is 1. The van der Waals surface area contributed by atoms with E-state index in [0.29, 0.717) is 5.11 Å². The summed E-state index contributed by atoms with van der Waals surface area (Å²) in [6.07, 6.45) is 4.02. The lowest BCUT2D eigenvalue weighted by Crippen LogP contribution is -2.34. The van der Waals surface area contributed by atoms with Gasteiger partial charge in [-0.25, -0.2) is 4.98 Å². The molecule has 1 aliphatic heterocycles. The first-order chi connectivity index (χ1) is 11.7. The molecule has 5 heteroatoms. The van der Waals surface area contributed by atoms with Crippen LogP contribution < -0.4 is 10.6 Å². The van der Waals surface area contributed by atoms with Crippen LogP contribution in [0, 0.1) is 6.92 Å². The first-order valence-electron chi connectivity index (χ1n) is 8.47. The van der Waals surface area contributed by atoms with Crippen molar-refractivity contribution in [3.8, 4) is 0 Å². The first-order valence-corrected chi connectivity index (χ1v) is 8.88. The predicted molar refractivity (Wildman–Crippen MR) is 103 cm³/mol.